The van der Waals surface area contributed by atoms with E-state index in [9.17, 15) is 9.90 Å². The number of ether oxygens (including phenoxy) is 1. The summed E-state index contributed by atoms with van der Waals surface area (Å²) in [5, 5.41) is 12.4. The van der Waals surface area contributed by atoms with Gasteiger partial charge in [-0.25, -0.2) is 0 Å². The number of hydrogen-bond acceptors (Lipinski definition) is 3. The number of nitrogens with one attached hydrogen (secondary N) is 1. The third-order valence-corrected chi connectivity index (χ3v) is 2.59. The van der Waals surface area contributed by atoms with Gasteiger partial charge in [-0.1, -0.05) is 25.1 Å². The topological polar surface area (TPSA) is 58.6 Å². The molecule has 0 saturated carbocycles. The maximum Gasteiger partial charge on any atom is 0.260 e. The first-order chi connectivity index (χ1) is 8.56. The van der Waals surface area contributed by atoms with E-state index in [2.05, 4.69) is 5.32 Å². The lowest BCUT2D eigenvalue weighted by atomic mass is 10.1. The van der Waals surface area contributed by atoms with E-state index in [0.29, 0.717) is 17.9 Å². The van der Waals surface area contributed by atoms with Crippen molar-refractivity contribution in [1.29, 1.82) is 0 Å². The molecular weight excluding hydrogens is 230 g/mol. The third kappa shape index (κ3) is 4.04. The molecule has 0 fully saturated rings. The van der Waals surface area contributed by atoms with Gasteiger partial charge in [-0.3, -0.25) is 4.79 Å². The van der Waals surface area contributed by atoms with Crippen LogP contribution in [-0.4, -0.2) is 23.7 Å². The molecule has 1 amide bonds. The van der Waals surface area contributed by atoms with Crippen LogP contribution in [0.15, 0.2) is 24.3 Å². The molecule has 1 aromatic carbocycles. The van der Waals surface area contributed by atoms with E-state index in [-0.39, 0.29) is 5.91 Å². The summed E-state index contributed by atoms with van der Waals surface area (Å²) in [7, 11) is 0. The summed E-state index contributed by atoms with van der Waals surface area (Å²) in [6, 6.07) is 7.19. The number of amides is 1. The van der Waals surface area contributed by atoms with Gasteiger partial charge < -0.3 is 15.2 Å². The highest BCUT2D eigenvalue weighted by molar-refractivity contribution is 5.80. The highest BCUT2D eigenvalue weighted by atomic mass is 16.5. The number of hydrogen-bond donors (Lipinski definition) is 2. The Bertz CT molecular complexity index is 390. The summed E-state index contributed by atoms with van der Waals surface area (Å²) in [5.74, 6) is 0.406. The Morgan fingerprint density at radius 2 is 2.06 bits per heavy atom. The summed E-state index contributed by atoms with van der Waals surface area (Å²) in [5.41, 5.74) is 0.688. The number of rotatable bonds is 6. The smallest absolute Gasteiger partial charge is 0.260 e. The van der Waals surface area contributed by atoms with Gasteiger partial charge in [0.05, 0.1) is 6.10 Å². The molecule has 0 heterocycles. The molecule has 0 bridgehead atoms. The molecular formula is C14H21NO3. The molecule has 0 saturated heterocycles. The quantitative estimate of drug-likeness (QED) is 0.813. The van der Waals surface area contributed by atoms with Crippen molar-refractivity contribution in [3.63, 3.8) is 0 Å². The minimum absolute atomic E-state index is 0.141. The molecule has 0 aromatic heterocycles. The van der Waals surface area contributed by atoms with Gasteiger partial charge in [0.25, 0.3) is 5.91 Å². The lowest BCUT2D eigenvalue weighted by molar-refractivity contribution is -0.127. The average molecular weight is 251 g/mol. The van der Waals surface area contributed by atoms with Gasteiger partial charge >= 0.3 is 0 Å². The lowest BCUT2D eigenvalue weighted by Gasteiger charge is -2.18. The molecule has 1 aromatic rings. The molecule has 0 aliphatic carbocycles. The van der Waals surface area contributed by atoms with Crippen LogP contribution in [0, 0.1) is 0 Å². The van der Waals surface area contributed by atoms with Crippen molar-refractivity contribution in [3.8, 4) is 5.75 Å². The van der Waals surface area contributed by atoms with E-state index < -0.39 is 12.2 Å². The summed E-state index contributed by atoms with van der Waals surface area (Å²) in [6.45, 7) is 6.01. The zero-order chi connectivity index (χ0) is 13.5. The first-order valence-electron chi connectivity index (χ1n) is 6.27. The van der Waals surface area contributed by atoms with Crippen LogP contribution in [0.3, 0.4) is 0 Å². The molecule has 2 atom stereocenters. The van der Waals surface area contributed by atoms with Crippen molar-refractivity contribution in [3.05, 3.63) is 29.8 Å². The Morgan fingerprint density at radius 3 is 2.67 bits per heavy atom. The second-order valence-electron chi connectivity index (χ2n) is 4.26. The largest absolute Gasteiger partial charge is 0.481 e. The van der Waals surface area contributed by atoms with Crippen molar-refractivity contribution in [2.75, 3.05) is 6.54 Å². The Kier molecular flexibility index (Phi) is 5.65. The van der Waals surface area contributed by atoms with Gasteiger partial charge in [-0.2, -0.15) is 0 Å². The van der Waals surface area contributed by atoms with Gasteiger partial charge in [0.2, 0.25) is 0 Å². The number of carbonyl (C=O) groups is 1. The molecule has 4 nitrogen and oxygen atoms in total. The van der Waals surface area contributed by atoms with Crippen molar-refractivity contribution < 1.29 is 14.6 Å². The van der Waals surface area contributed by atoms with Crippen LogP contribution in [0.5, 0.6) is 5.75 Å². The van der Waals surface area contributed by atoms with Crippen LogP contribution in [0.25, 0.3) is 0 Å². The fraction of sp³-hybridized carbons (Fsp3) is 0.500. The second-order valence-corrected chi connectivity index (χ2v) is 4.26. The van der Waals surface area contributed by atoms with E-state index in [4.69, 9.17) is 4.74 Å². The zero-order valence-corrected chi connectivity index (χ0v) is 11.1. The van der Waals surface area contributed by atoms with Gasteiger partial charge in [0.15, 0.2) is 6.10 Å². The summed E-state index contributed by atoms with van der Waals surface area (Å²) in [4.78, 5) is 11.7. The third-order valence-electron chi connectivity index (χ3n) is 2.59. The Labute approximate surface area is 108 Å². The number of benzene rings is 1. The number of para-hydroxylation sites is 1. The van der Waals surface area contributed by atoms with Gasteiger partial charge in [-0.05, 0) is 26.3 Å². The zero-order valence-electron chi connectivity index (χ0n) is 11.1. The molecule has 0 radical (unpaired) electrons. The Morgan fingerprint density at radius 1 is 1.39 bits per heavy atom. The summed E-state index contributed by atoms with van der Waals surface area (Å²) in [6.07, 6.45) is -0.300. The predicted molar refractivity (Wildman–Crippen MR) is 70.5 cm³/mol. The van der Waals surface area contributed by atoms with Crippen molar-refractivity contribution in [2.24, 2.45) is 0 Å². The van der Waals surface area contributed by atoms with E-state index in [1.807, 2.05) is 19.1 Å². The van der Waals surface area contributed by atoms with Crippen molar-refractivity contribution in [1.82, 2.24) is 5.32 Å². The van der Waals surface area contributed by atoms with Crippen LogP contribution in [0.4, 0.5) is 0 Å². The van der Waals surface area contributed by atoms with Crippen LogP contribution < -0.4 is 10.1 Å². The first-order valence-corrected chi connectivity index (χ1v) is 6.27. The standard InChI is InChI=1S/C14H21NO3/c1-4-9-15-14(17)11(3)18-13-8-6-5-7-12(13)10(2)16/h5-8,10-11,16H,4,9H2,1-3H3,(H,15,17). The van der Waals surface area contributed by atoms with Gasteiger partial charge in [-0.15, -0.1) is 0 Å². The van der Waals surface area contributed by atoms with Crippen LogP contribution >= 0.6 is 0 Å². The van der Waals surface area contributed by atoms with Gasteiger partial charge in [0, 0.05) is 12.1 Å². The van der Waals surface area contributed by atoms with Crippen molar-refractivity contribution in [2.45, 2.75) is 39.4 Å². The van der Waals surface area contributed by atoms with Crippen LogP contribution in [-0.2, 0) is 4.79 Å². The second kappa shape index (κ2) is 7.01. The average Bonchev–Trinajstić information content (AvgIpc) is 2.36. The molecule has 100 valence electrons. The molecule has 0 aliphatic rings. The van der Waals surface area contributed by atoms with E-state index in [1.165, 1.54) is 0 Å². The highest BCUT2D eigenvalue weighted by Gasteiger charge is 2.16. The normalized spacial score (nSPS) is 13.8. The van der Waals surface area contributed by atoms with E-state index in [1.54, 1.807) is 26.0 Å². The molecule has 0 spiro atoms. The maximum absolute atomic E-state index is 11.7. The Hall–Kier alpha value is -1.55. The predicted octanol–water partition coefficient (Wildman–Crippen LogP) is 2.03. The summed E-state index contributed by atoms with van der Waals surface area (Å²) >= 11 is 0. The number of aliphatic hydroxyl groups excluding tert-OH is 1. The van der Waals surface area contributed by atoms with Crippen molar-refractivity contribution >= 4 is 5.91 Å². The minimum Gasteiger partial charge on any atom is -0.481 e. The molecule has 2 unspecified atom stereocenters. The van der Waals surface area contributed by atoms with E-state index in [0.717, 1.165) is 6.42 Å². The fourth-order valence-corrected chi connectivity index (χ4v) is 1.57. The first kappa shape index (κ1) is 14.5. The number of aliphatic hydroxyl groups is 1. The van der Waals surface area contributed by atoms with E-state index >= 15 is 0 Å². The maximum atomic E-state index is 11.7. The molecule has 1 rings (SSSR count). The molecule has 18 heavy (non-hydrogen) atoms. The monoisotopic (exact) mass is 251 g/mol. The SMILES string of the molecule is CCCNC(=O)C(C)Oc1ccccc1C(C)O. The number of carbonyl (C=O) groups excluding carboxylic acids is 1. The van der Waals surface area contributed by atoms with Crippen LogP contribution in [0.2, 0.25) is 0 Å². The fourth-order valence-electron chi connectivity index (χ4n) is 1.57. The molecule has 0 aliphatic heterocycles. The van der Waals surface area contributed by atoms with Crippen LogP contribution in [0.1, 0.15) is 38.9 Å². The molecule has 2 N–H and O–H groups in total. The Balaban J connectivity index is 2.69. The minimum atomic E-state index is -0.618. The lowest BCUT2D eigenvalue weighted by Crippen LogP contribution is -2.36. The summed E-state index contributed by atoms with van der Waals surface area (Å²) < 4.78 is 5.59. The van der Waals surface area contributed by atoms with Gasteiger partial charge in [0.1, 0.15) is 5.75 Å². The molecule has 4 heteroatoms. The highest BCUT2D eigenvalue weighted by Crippen LogP contribution is 2.25.